The first-order valence-corrected chi connectivity index (χ1v) is 7.08. The van der Waals surface area contributed by atoms with Crippen molar-refractivity contribution in [3.63, 3.8) is 0 Å². The predicted octanol–water partition coefficient (Wildman–Crippen LogP) is 3.22. The molecule has 19 heavy (non-hydrogen) atoms. The SMILES string of the molecule is Cn1ccnc1Cn1c(=S)[nH]c2cc(I)c(F)cc21. The van der Waals surface area contributed by atoms with Gasteiger partial charge in [0.2, 0.25) is 0 Å². The van der Waals surface area contributed by atoms with E-state index in [1.165, 1.54) is 6.07 Å². The van der Waals surface area contributed by atoms with Crippen LogP contribution in [-0.2, 0) is 13.6 Å². The van der Waals surface area contributed by atoms with Crippen molar-refractivity contribution >= 4 is 45.8 Å². The molecule has 0 atom stereocenters. The molecule has 3 rings (SSSR count). The van der Waals surface area contributed by atoms with E-state index in [-0.39, 0.29) is 5.82 Å². The van der Waals surface area contributed by atoms with E-state index in [1.54, 1.807) is 12.3 Å². The summed E-state index contributed by atoms with van der Waals surface area (Å²) in [5.74, 6) is 0.631. The van der Waals surface area contributed by atoms with Gasteiger partial charge >= 0.3 is 0 Å². The van der Waals surface area contributed by atoms with E-state index in [0.29, 0.717) is 14.9 Å². The summed E-state index contributed by atoms with van der Waals surface area (Å²) in [6, 6.07) is 3.27. The maximum absolute atomic E-state index is 13.7. The second kappa shape index (κ2) is 4.71. The van der Waals surface area contributed by atoms with E-state index in [4.69, 9.17) is 12.2 Å². The Bertz CT molecular complexity index is 817. The number of imidazole rings is 2. The quantitative estimate of drug-likeness (QED) is 0.541. The minimum absolute atomic E-state index is 0.240. The van der Waals surface area contributed by atoms with Gasteiger partial charge in [0.15, 0.2) is 4.77 Å². The fraction of sp³-hybridized carbons (Fsp3) is 0.167. The topological polar surface area (TPSA) is 38.5 Å². The Hall–Kier alpha value is -1.22. The van der Waals surface area contributed by atoms with Crippen LogP contribution in [0.25, 0.3) is 11.0 Å². The van der Waals surface area contributed by atoms with Crippen LogP contribution in [0.5, 0.6) is 0 Å². The van der Waals surface area contributed by atoms with Gasteiger partial charge in [0.05, 0.1) is 21.1 Å². The number of hydrogen-bond donors (Lipinski definition) is 1. The monoisotopic (exact) mass is 388 g/mol. The number of halogens is 2. The highest BCUT2D eigenvalue weighted by molar-refractivity contribution is 14.1. The first-order chi connectivity index (χ1) is 9.06. The maximum Gasteiger partial charge on any atom is 0.178 e. The van der Waals surface area contributed by atoms with E-state index in [1.807, 2.05) is 45.0 Å². The zero-order chi connectivity index (χ0) is 13.6. The molecular formula is C12H10FIN4S. The standard InChI is InChI=1S/C12H10FIN4S/c1-17-3-2-15-11(17)6-18-10-4-7(13)8(14)5-9(10)16-12(18)19/h2-5H,6H2,1H3,(H,16,19). The number of fused-ring (bicyclic) bond motifs is 1. The first kappa shape index (κ1) is 12.8. The first-order valence-electron chi connectivity index (χ1n) is 5.60. The van der Waals surface area contributed by atoms with Gasteiger partial charge in [0, 0.05) is 25.5 Å². The number of aryl methyl sites for hydroxylation is 1. The summed E-state index contributed by atoms with van der Waals surface area (Å²) in [5, 5.41) is 0. The molecule has 1 aromatic carbocycles. The molecule has 4 nitrogen and oxygen atoms in total. The fourth-order valence-corrected chi connectivity index (χ4v) is 2.74. The summed E-state index contributed by atoms with van der Waals surface area (Å²) in [6.45, 7) is 0.516. The molecule has 2 heterocycles. The predicted molar refractivity (Wildman–Crippen MR) is 82.1 cm³/mol. The molecule has 0 radical (unpaired) electrons. The molecule has 1 N–H and O–H groups in total. The number of aromatic nitrogens is 4. The van der Waals surface area contributed by atoms with Gasteiger partial charge in [-0.3, -0.25) is 0 Å². The summed E-state index contributed by atoms with van der Waals surface area (Å²) < 4.78 is 18.6. The van der Waals surface area contributed by atoms with Gasteiger partial charge in [-0.05, 0) is 40.9 Å². The second-order valence-corrected chi connectivity index (χ2v) is 5.80. The summed E-state index contributed by atoms with van der Waals surface area (Å²) in [6.07, 6.45) is 3.61. The molecule has 3 aromatic rings. The number of rotatable bonds is 2. The number of hydrogen-bond acceptors (Lipinski definition) is 2. The van der Waals surface area contributed by atoms with Gasteiger partial charge in [-0.15, -0.1) is 0 Å². The molecule has 0 saturated carbocycles. The molecule has 0 aliphatic rings. The Morgan fingerprint density at radius 3 is 2.95 bits per heavy atom. The highest BCUT2D eigenvalue weighted by Crippen LogP contribution is 2.21. The zero-order valence-electron chi connectivity index (χ0n) is 10.0. The largest absolute Gasteiger partial charge is 0.337 e. The average molecular weight is 388 g/mol. The normalized spacial score (nSPS) is 11.3. The Morgan fingerprint density at radius 1 is 1.47 bits per heavy atom. The summed E-state index contributed by atoms with van der Waals surface area (Å²) in [5.41, 5.74) is 1.59. The lowest BCUT2D eigenvalue weighted by Crippen LogP contribution is -2.06. The maximum atomic E-state index is 13.7. The van der Waals surface area contributed by atoms with Crippen molar-refractivity contribution in [2.75, 3.05) is 0 Å². The summed E-state index contributed by atoms with van der Waals surface area (Å²) in [7, 11) is 1.92. The molecule has 98 valence electrons. The van der Waals surface area contributed by atoms with E-state index in [2.05, 4.69) is 9.97 Å². The lowest BCUT2D eigenvalue weighted by atomic mass is 10.3. The third kappa shape index (κ3) is 2.20. The molecular weight excluding hydrogens is 378 g/mol. The molecule has 0 aliphatic heterocycles. The molecule has 2 aromatic heterocycles. The van der Waals surface area contributed by atoms with Crippen molar-refractivity contribution in [2.45, 2.75) is 6.54 Å². The minimum atomic E-state index is -0.240. The van der Waals surface area contributed by atoms with Crippen molar-refractivity contribution in [1.29, 1.82) is 0 Å². The summed E-state index contributed by atoms with van der Waals surface area (Å²) >= 11 is 7.27. The van der Waals surface area contributed by atoms with Crippen molar-refractivity contribution in [3.8, 4) is 0 Å². The number of nitrogens with one attached hydrogen (secondary N) is 1. The molecule has 0 aliphatic carbocycles. The Balaban J connectivity index is 2.18. The van der Waals surface area contributed by atoms with Gasteiger partial charge in [-0.1, -0.05) is 0 Å². The highest BCUT2D eigenvalue weighted by Gasteiger charge is 2.10. The fourth-order valence-electron chi connectivity index (χ4n) is 2.00. The number of nitrogens with zero attached hydrogens (tertiary/aromatic N) is 3. The molecule has 0 bridgehead atoms. The van der Waals surface area contributed by atoms with Crippen molar-refractivity contribution in [2.24, 2.45) is 7.05 Å². The molecule has 0 amide bonds. The van der Waals surface area contributed by atoms with Crippen LogP contribution in [0.15, 0.2) is 24.5 Å². The van der Waals surface area contributed by atoms with Gasteiger partial charge in [-0.2, -0.15) is 0 Å². The van der Waals surface area contributed by atoms with Crippen LogP contribution in [0.2, 0.25) is 0 Å². The number of benzene rings is 1. The van der Waals surface area contributed by atoms with Crippen molar-refractivity contribution < 1.29 is 4.39 Å². The van der Waals surface area contributed by atoms with E-state index in [0.717, 1.165) is 16.9 Å². The van der Waals surface area contributed by atoms with Crippen LogP contribution in [0, 0.1) is 14.2 Å². The van der Waals surface area contributed by atoms with Crippen LogP contribution in [0.3, 0.4) is 0 Å². The van der Waals surface area contributed by atoms with Crippen molar-refractivity contribution in [1.82, 2.24) is 19.1 Å². The lowest BCUT2D eigenvalue weighted by molar-refractivity contribution is 0.620. The molecule has 7 heteroatoms. The molecule has 0 fully saturated rings. The third-order valence-corrected chi connectivity index (χ3v) is 4.19. The highest BCUT2D eigenvalue weighted by atomic mass is 127. The molecule has 0 spiro atoms. The Labute approximate surface area is 127 Å². The number of H-pyrrole nitrogens is 1. The average Bonchev–Trinajstić information content (AvgIpc) is 2.88. The van der Waals surface area contributed by atoms with Crippen LogP contribution in [-0.4, -0.2) is 19.1 Å². The Morgan fingerprint density at radius 2 is 2.26 bits per heavy atom. The number of aromatic amines is 1. The van der Waals surface area contributed by atoms with E-state index >= 15 is 0 Å². The van der Waals surface area contributed by atoms with Crippen LogP contribution >= 0.6 is 34.8 Å². The second-order valence-electron chi connectivity index (χ2n) is 4.25. The van der Waals surface area contributed by atoms with Crippen LogP contribution < -0.4 is 0 Å². The lowest BCUT2D eigenvalue weighted by Gasteiger charge is -2.05. The van der Waals surface area contributed by atoms with Crippen molar-refractivity contribution in [3.05, 3.63) is 44.5 Å². The Kier molecular flexibility index (Phi) is 3.17. The van der Waals surface area contributed by atoms with Crippen LogP contribution in [0.4, 0.5) is 4.39 Å². The van der Waals surface area contributed by atoms with Gasteiger partial charge in [0.1, 0.15) is 11.6 Å². The molecule has 0 unspecified atom stereocenters. The smallest absolute Gasteiger partial charge is 0.178 e. The summed E-state index contributed by atoms with van der Waals surface area (Å²) in [4.78, 5) is 7.36. The van der Waals surface area contributed by atoms with Crippen LogP contribution in [0.1, 0.15) is 5.82 Å². The van der Waals surface area contributed by atoms with Gasteiger partial charge in [0.25, 0.3) is 0 Å². The third-order valence-electron chi connectivity index (χ3n) is 3.04. The van der Waals surface area contributed by atoms with Gasteiger partial charge in [-0.25, -0.2) is 9.37 Å². The van der Waals surface area contributed by atoms with Gasteiger partial charge < -0.3 is 14.1 Å². The minimum Gasteiger partial charge on any atom is -0.337 e. The van der Waals surface area contributed by atoms with E-state index < -0.39 is 0 Å². The van der Waals surface area contributed by atoms with E-state index in [9.17, 15) is 4.39 Å². The zero-order valence-corrected chi connectivity index (χ0v) is 13.0. The molecule has 0 saturated heterocycles.